The maximum atomic E-state index is 12.2. The lowest BCUT2D eigenvalue weighted by Crippen LogP contribution is -2.47. The van der Waals surface area contributed by atoms with Gasteiger partial charge in [-0.1, -0.05) is 31.2 Å². The summed E-state index contributed by atoms with van der Waals surface area (Å²) in [6, 6.07) is 14.2. The van der Waals surface area contributed by atoms with Crippen molar-refractivity contribution < 1.29 is 14.6 Å². The SMILES string of the molecule is CCC(=O)N1CCCc2cc(C(O)CN3CCN(c4ccccc4OC)CC3)ccc21. The number of carbonyl (C=O) groups excluding carboxylic acids is 1. The van der Waals surface area contributed by atoms with Crippen LogP contribution in [-0.2, 0) is 11.2 Å². The monoisotopic (exact) mass is 423 g/mol. The number of fused-ring (bicyclic) bond motifs is 1. The fraction of sp³-hybridized carbons (Fsp3) is 0.480. The van der Waals surface area contributed by atoms with E-state index < -0.39 is 6.10 Å². The van der Waals surface area contributed by atoms with Gasteiger partial charge in [-0.15, -0.1) is 0 Å². The molecule has 1 N–H and O–H groups in total. The number of nitrogens with zero attached hydrogens (tertiary/aromatic N) is 3. The molecule has 1 fully saturated rings. The van der Waals surface area contributed by atoms with E-state index >= 15 is 0 Å². The Bertz CT molecular complexity index is 909. The van der Waals surface area contributed by atoms with Gasteiger partial charge in [0.25, 0.3) is 0 Å². The number of anilines is 2. The first-order valence-electron chi connectivity index (χ1n) is 11.3. The third-order valence-corrected chi connectivity index (χ3v) is 6.44. The second-order valence-corrected chi connectivity index (χ2v) is 8.37. The summed E-state index contributed by atoms with van der Waals surface area (Å²) in [5, 5.41) is 10.9. The number of hydrogen-bond donors (Lipinski definition) is 1. The van der Waals surface area contributed by atoms with Crippen LogP contribution in [0.3, 0.4) is 0 Å². The zero-order valence-corrected chi connectivity index (χ0v) is 18.6. The van der Waals surface area contributed by atoms with Gasteiger partial charge in [0.15, 0.2) is 0 Å². The van der Waals surface area contributed by atoms with Crippen LogP contribution in [0.1, 0.15) is 37.0 Å². The summed E-state index contributed by atoms with van der Waals surface area (Å²) in [4.78, 5) is 18.8. The van der Waals surface area contributed by atoms with Crippen LogP contribution in [0.15, 0.2) is 42.5 Å². The van der Waals surface area contributed by atoms with E-state index in [0.29, 0.717) is 13.0 Å². The average Bonchev–Trinajstić information content (AvgIpc) is 2.83. The Morgan fingerprint density at radius 3 is 2.58 bits per heavy atom. The smallest absolute Gasteiger partial charge is 0.226 e. The van der Waals surface area contributed by atoms with Crippen molar-refractivity contribution in [2.24, 2.45) is 0 Å². The molecule has 6 heteroatoms. The summed E-state index contributed by atoms with van der Waals surface area (Å²) in [7, 11) is 1.71. The third kappa shape index (κ3) is 4.70. The molecule has 1 atom stereocenters. The van der Waals surface area contributed by atoms with Crippen LogP contribution in [0.4, 0.5) is 11.4 Å². The van der Waals surface area contributed by atoms with Crippen molar-refractivity contribution >= 4 is 17.3 Å². The molecular formula is C25H33N3O3. The quantitative estimate of drug-likeness (QED) is 0.773. The molecule has 0 spiro atoms. The summed E-state index contributed by atoms with van der Waals surface area (Å²) < 4.78 is 5.50. The largest absolute Gasteiger partial charge is 0.495 e. The summed E-state index contributed by atoms with van der Waals surface area (Å²) in [5.41, 5.74) is 4.26. The predicted octanol–water partition coefficient (Wildman–Crippen LogP) is 3.24. The van der Waals surface area contributed by atoms with Crippen LogP contribution in [0.2, 0.25) is 0 Å². The number of hydrogen-bond acceptors (Lipinski definition) is 5. The van der Waals surface area contributed by atoms with Crippen molar-refractivity contribution in [2.45, 2.75) is 32.3 Å². The van der Waals surface area contributed by atoms with Gasteiger partial charge in [0.1, 0.15) is 5.75 Å². The van der Waals surface area contributed by atoms with Crippen molar-refractivity contribution in [3.05, 3.63) is 53.6 Å². The van der Waals surface area contributed by atoms with E-state index in [0.717, 1.165) is 68.3 Å². The lowest BCUT2D eigenvalue weighted by molar-refractivity contribution is -0.118. The fourth-order valence-electron chi connectivity index (χ4n) is 4.69. The number of aliphatic hydroxyl groups is 1. The Labute approximate surface area is 185 Å². The van der Waals surface area contributed by atoms with Crippen LogP contribution >= 0.6 is 0 Å². The summed E-state index contributed by atoms with van der Waals surface area (Å²) in [6.45, 7) is 6.94. The van der Waals surface area contributed by atoms with Gasteiger partial charge in [-0.2, -0.15) is 0 Å². The topological polar surface area (TPSA) is 56.3 Å². The molecule has 2 heterocycles. The van der Waals surface area contributed by atoms with Gasteiger partial charge in [-0.25, -0.2) is 0 Å². The maximum absolute atomic E-state index is 12.2. The lowest BCUT2D eigenvalue weighted by Gasteiger charge is -2.37. The van der Waals surface area contributed by atoms with Crippen LogP contribution in [-0.4, -0.2) is 62.3 Å². The van der Waals surface area contributed by atoms with E-state index in [1.54, 1.807) is 7.11 Å². The number of aliphatic hydroxyl groups excluding tert-OH is 1. The first kappa shape index (κ1) is 21.7. The zero-order valence-electron chi connectivity index (χ0n) is 18.6. The number of methoxy groups -OCH3 is 1. The van der Waals surface area contributed by atoms with Gasteiger partial charge in [0.05, 0.1) is 18.9 Å². The number of amides is 1. The van der Waals surface area contributed by atoms with Crippen LogP contribution in [0.25, 0.3) is 0 Å². The molecule has 31 heavy (non-hydrogen) atoms. The summed E-state index contributed by atoms with van der Waals surface area (Å²) in [6.07, 6.45) is 1.93. The highest BCUT2D eigenvalue weighted by atomic mass is 16.5. The van der Waals surface area contributed by atoms with Gasteiger partial charge in [0, 0.05) is 51.4 Å². The van der Waals surface area contributed by atoms with Crippen LogP contribution in [0, 0.1) is 0 Å². The number of benzene rings is 2. The number of ether oxygens (including phenoxy) is 1. The molecule has 4 rings (SSSR count). The average molecular weight is 424 g/mol. The minimum absolute atomic E-state index is 0.169. The highest BCUT2D eigenvalue weighted by Gasteiger charge is 2.24. The zero-order chi connectivity index (χ0) is 21.8. The fourth-order valence-corrected chi connectivity index (χ4v) is 4.69. The molecule has 2 aromatic carbocycles. The van der Waals surface area contributed by atoms with Crippen LogP contribution < -0.4 is 14.5 Å². The van der Waals surface area contributed by atoms with E-state index in [1.165, 1.54) is 5.56 Å². The van der Waals surface area contributed by atoms with E-state index in [2.05, 4.69) is 21.9 Å². The van der Waals surface area contributed by atoms with Gasteiger partial charge < -0.3 is 19.6 Å². The first-order chi connectivity index (χ1) is 15.1. The molecule has 6 nitrogen and oxygen atoms in total. The third-order valence-electron chi connectivity index (χ3n) is 6.44. The molecule has 0 aromatic heterocycles. The number of rotatable bonds is 6. The molecule has 0 radical (unpaired) electrons. The molecule has 1 unspecified atom stereocenters. The van der Waals surface area contributed by atoms with E-state index in [4.69, 9.17) is 4.74 Å². The van der Waals surface area contributed by atoms with Crippen LogP contribution in [0.5, 0.6) is 5.75 Å². The number of para-hydroxylation sites is 2. The summed E-state index contributed by atoms with van der Waals surface area (Å²) in [5.74, 6) is 1.07. The Balaban J connectivity index is 1.37. The second-order valence-electron chi connectivity index (χ2n) is 8.37. The van der Waals surface area contributed by atoms with E-state index in [-0.39, 0.29) is 5.91 Å². The minimum atomic E-state index is -0.527. The van der Waals surface area contributed by atoms with Crippen molar-refractivity contribution in [1.82, 2.24) is 4.90 Å². The second kappa shape index (κ2) is 9.71. The maximum Gasteiger partial charge on any atom is 0.226 e. The van der Waals surface area contributed by atoms with Gasteiger partial charge in [-0.05, 0) is 42.2 Å². The molecular weight excluding hydrogens is 390 g/mol. The Morgan fingerprint density at radius 1 is 1.06 bits per heavy atom. The lowest BCUT2D eigenvalue weighted by atomic mass is 9.96. The highest BCUT2D eigenvalue weighted by Crippen LogP contribution is 2.31. The molecule has 2 aromatic rings. The molecule has 0 aliphatic carbocycles. The van der Waals surface area contributed by atoms with Gasteiger partial charge >= 0.3 is 0 Å². The first-order valence-corrected chi connectivity index (χ1v) is 11.3. The Hall–Kier alpha value is -2.57. The van der Waals surface area contributed by atoms with Crippen molar-refractivity contribution in [3.63, 3.8) is 0 Å². The van der Waals surface area contributed by atoms with Gasteiger partial charge in [-0.3, -0.25) is 9.69 Å². The van der Waals surface area contributed by atoms with Crippen molar-refractivity contribution in [2.75, 3.05) is 56.2 Å². The van der Waals surface area contributed by atoms with Crippen molar-refractivity contribution in [1.29, 1.82) is 0 Å². The molecule has 166 valence electrons. The Kier molecular flexibility index (Phi) is 6.78. The standard InChI is InChI=1S/C25H33N3O3/c1-3-25(30)28-12-6-7-19-17-20(10-11-21(19)28)23(29)18-26-13-15-27(16-14-26)22-8-4-5-9-24(22)31-2/h4-5,8-11,17,23,29H,3,6-7,12-16,18H2,1-2H3. The highest BCUT2D eigenvalue weighted by molar-refractivity contribution is 5.94. The van der Waals surface area contributed by atoms with E-state index in [1.807, 2.05) is 42.2 Å². The molecule has 0 saturated carbocycles. The minimum Gasteiger partial charge on any atom is -0.495 e. The molecule has 2 aliphatic heterocycles. The number of β-amino-alcohol motifs (C(OH)–C–C–N with tert-alkyl or cyclic N) is 1. The number of piperazine rings is 1. The number of aryl methyl sites for hydroxylation is 1. The van der Waals surface area contributed by atoms with Crippen molar-refractivity contribution in [3.8, 4) is 5.75 Å². The summed E-state index contributed by atoms with van der Waals surface area (Å²) >= 11 is 0. The predicted molar refractivity (Wildman–Crippen MR) is 124 cm³/mol. The Morgan fingerprint density at radius 2 is 1.84 bits per heavy atom. The molecule has 0 bridgehead atoms. The van der Waals surface area contributed by atoms with Gasteiger partial charge in [0.2, 0.25) is 5.91 Å². The normalized spacial score (nSPS) is 17.9. The molecule has 2 aliphatic rings. The number of carbonyl (C=O) groups is 1. The molecule has 1 saturated heterocycles. The molecule has 1 amide bonds. The van der Waals surface area contributed by atoms with E-state index in [9.17, 15) is 9.90 Å².